The molecule has 1 rings (SSSR count). The van der Waals surface area contributed by atoms with Crippen LogP contribution in [0.4, 0.5) is 0 Å². The highest BCUT2D eigenvalue weighted by Gasteiger charge is 2.16. The summed E-state index contributed by atoms with van der Waals surface area (Å²) in [5.74, 6) is 0. The first-order valence-corrected chi connectivity index (χ1v) is 5.35. The molecule has 0 aliphatic carbocycles. The summed E-state index contributed by atoms with van der Waals surface area (Å²) in [6.07, 6.45) is 3.07. The molecule has 1 atom stereocenters. The Kier molecular flexibility index (Phi) is 5.45. The van der Waals surface area contributed by atoms with Crippen LogP contribution in [0.3, 0.4) is 0 Å². The number of aliphatic hydroxyl groups excluding tert-OH is 1. The molecule has 1 heterocycles. The Balaban J connectivity index is 2.06. The topological polar surface area (TPSA) is 32.7 Å². The van der Waals surface area contributed by atoms with E-state index in [2.05, 4.69) is 4.90 Å². The SMILES string of the molecule is O[C@@H]1CCCN(CCCOI)C1. The predicted molar refractivity (Wildman–Crippen MR) is 56.3 cm³/mol. The summed E-state index contributed by atoms with van der Waals surface area (Å²) in [7, 11) is 0. The normalized spacial score (nSPS) is 26.0. The predicted octanol–water partition coefficient (Wildman–Crippen LogP) is 1.20. The minimum atomic E-state index is -0.0979. The van der Waals surface area contributed by atoms with Crippen molar-refractivity contribution in [2.75, 3.05) is 26.2 Å². The quantitative estimate of drug-likeness (QED) is 0.622. The Bertz CT molecular complexity index is 124. The van der Waals surface area contributed by atoms with Gasteiger partial charge in [-0.15, -0.1) is 0 Å². The summed E-state index contributed by atoms with van der Waals surface area (Å²) >= 11 is 1.92. The van der Waals surface area contributed by atoms with E-state index in [0.717, 1.165) is 45.5 Å². The lowest BCUT2D eigenvalue weighted by atomic mass is 10.1. The molecule has 0 spiro atoms. The molecule has 0 aromatic rings. The fraction of sp³-hybridized carbons (Fsp3) is 1.00. The zero-order chi connectivity index (χ0) is 8.81. The summed E-state index contributed by atoms with van der Waals surface area (Å²) in [6, 6.07) is 0. The van der Waals surface area contributed by atoms with Gasteiger partial charge in [-0.25, -0.2) is 0 Å². The highest BCUT2D eigenvalue weighted by Crippen LogP contribution is 2.09. The van der Waals surface area contributed by atoms with Crippen LogP contribution in [0.25, 0.3) is 0 Å². The number of halogens is 1. The molecule has 0 unspecified atom stereocenters. The van der Waals surface area contributed by atoms with Gasteiger partial charge in [-0.1, -0.05) is 0 Å². The molecule has 4 heteroatoms. The first-order valence-electron chi connectivity index (χ1n) is 4.47. The Morgan fingerprint density at radius 1 is 1.58 bits per heavy atom. The third-order valence-corrected chi connectivity index (χ3v) is 2.62. The minimum Gasteiger partial charge on any atom is -0.392 e. The number of likely N-dealkylation sites (tertiary alicyclic amines) is 1. The van der Waals surface area contributed by atoms with E-state index < -0.39 is 0 Å². The van der Waals surface area contributed by atoms with Crippen molar-refractivity contribution in [3.8, 4) is 0 Å². The molecule has 0 aromatic heterocycles. The second kappa shape index (κ2) is 6.12. The Labute approximate surface area is 87.8 Å². The summed E-state index contributed by atoms with van der Waals surface area (Å²) in [4.78, 5) is 2.31. The van der Waals surface area contributed by atoms with Crippen molar-refractivity contribution < 1.29 is 8.17 Å². The number of hydrogen-bond donors (Lipinski definition) is 1. The molecule has 0 radical (unpaired) electrons. The number of nitrogens with zero attached hydrogens (tertiary/aromatic N) is 1. The molecule has 1 saturated heterocycles. The molecule has 72 valence electrons. The maximum atomic E-state index is 9.36. The summed E-state index contributed by atoms with van der Waals surface area (Å²) in [6.45, 7) is 3.85. The van der Waals surface area contributed by atoms with E-state index in [9.17, 15) is 5.11 Å². The lowest BCUT2D eigenvalue weighted by Crippen LogP contribution is -2.38. The van der Waals surface area contributed by atoms with Gasteiger partial charge in [0, 0.05) is 13.1 Å². The van der Waals surface area contributed by atoms with Crippen LogP contribution in [0.5, 0.6) is 0 Å². The first-order chi connectivity index (χ1) is 5.83. The standard InChI is InChI=1S/C8H16INO2/c9-12-6-2-5-10-4-1-3-8(11)7-10/h8,11H,1-7H2/t8-/m1/s1. The maximum absolute atomic E-state index is 9.36. The van der Waals surface area contributed by atoms with Gasteiger partial charge >= 0.3 is 0 Å². The van der Waals surface area contributed by atoms with Gasteiger partial charge in [0.05, 0.1) is 12.7 Å². The number of β-amino-alcohol motifs (C(OH)–C–C–N with tert-alkyl or cyclic N) is 1. The van der Waals surface area contributed by atoms with Crippen LogP contribution < -0.4 is 0 Å². The van der Waals surface area contributed by atoms with Crippen LogP contribution in [0.1, 0.15) is 19.3 Å². The third kappa shape index (κ3) is 4.02. The molecule has 1 aliphatic heterocycles. The highest BCUT2D eigenvalue weighted by atomic mass is 127. The lowest BCUT2D eigenvalue weighted by Gasteiger charge is -2.29. The van der Waals surface area contributed by atoms with Crippen LogP contribution in [0.2, 0.25) is 0 Å². The van der Waals surface area contributed by atoms with Crippen molar-refractivity contribution >= 4 is 23.0 Å². The molecule has 12 heavy (non-hydrogen) atoms. The van der Waals surface area contributed by atoms with E-state index in [1.165, 1.54) is 0 Å². The molecule has 0 saturated carbocycles. The van der Waals surface area contributed by atoms with Crippen molar-refractivity contribution in [2.45, 2.75) is 25.4 Å². The van der Waals surface area contributed by atoms with E-state index in [1.54, 1.807) is 0 Å². The first kappa shape index (κ1) is 10.7. The second-order valence-electron chi connectivity index (χ2n) is 3.26. The minimum absolute atomic E-state index is 0.0979. The average molecular weight is 285 g/mol. The van der Waals surface area contributed by atoms with E-state index >= 15 is 0 Å². The van der Waals surface area contributed by atoms with Crippen molar-refractivity contribution in [3.05, 3.63) is 0 Å². The molecule has 3 nitrogen and oxygen atoms in total. The van der Waals surface area contributed by atoms with Crippen molar-refractivity contribution in [1.82, 2.24) is 4.90 Å². The number of aliphatic hydroxyl groups is 1. The number of hydrogen-bond acceptors (Lipinski definition) is 3. The van der Waals surface area contributed by atoms with E-state index in [-0.39, 0.29) is 6.10 Å². The Hall–Kier alpha value is 0.610. The van der Waals surface area contributed by atoms with Crippen molar-refractivity contribution in [3.63, 3.8) is 0 Å². The monoisotopic (exact) mass is 285 g/mol. The fourth-order valence-electron chi connectivity index (χ4n) is 1.58. The summed E-state index contributed by atoms with van der Waals surface area (Å²) in [5.41, 5.74) is 0. The largest absolute Gasteiger partial charge is 0.392 e. The fourth-order valence-corrected chi connectivity index (χ4v) is 1.89. The highest BCUT2D eigenvalue weighted by molar-refractivity contribution is 14.1. The van der Waals surface area contributed by atoms with Crippen LogP contribution in [-0.2, 0) is 3.07 Å². The second-order valence-corrected chi connectivity index (χ2v) is 3.89. The smallest absolute Gasteiger partial charge is 0.109 e. The van der Waals surface area contributed by atoms with E-state index in [1.807, 2.05) is 23.0 Å². The van der Waals surface area contributed by atoms with Gasteiger partial charge in [-0.2, -0.15) is 0 Å². The van der Waals surface area contributed by atoms with E-state index in [0.29, 0.717) is 0 Å². The van der Waals surface area contributed by atoms with Crippen LogP contribution in [0, 0.1) is 0 Å². The van der Waals surface area contributed by atoms with Gasteiger partial charge in [0.25, 0.3) is 0 Å². The van der Waals surface area contributed by atoms with Crippen LogP contribution in [-0.4, -0.2) is 42.4 Å². The lowest BCUT2D eigenvalue weighted by molar-refractivity contribution is 0.0687. The van der Waals surface area contributed by atoms with Crippen LogP contribution in [0.15, 0.2) is 0 Å². The van der Waals surface area contributed by atoms with Crippen LogP contribution >= 0.6 is 23.0 Å². The number of piperidine rings is 1. The zero-order valence-electron chi connectivity index (χ0n) is 7.21. The van der Waals surface area contributed by atoms with Gasteiger partial charge in [-0.3, -0.25) is 0 Å². The Morgan fingerprint density at radius 2 is 2.42 bits per heavy atom. The summed E-state index contributed by atoms with van der Waals surface area (Å²) in [5, 5.41) is 9.36. The summed E-state index contributed by atoms with van der Waals surface area (Å²) < 4.78 is 4.94. The molecule has 0 bridgehead atoms. The van der Waals surface area contributed by atoms with Crippen molar-refractivity contribution in [1.29, 1.82) is 0 Å². The molecule has 1 N–H and O–H groups in total. The third-order valence-electron chi connectivity index (χ3n) is 2.18. The van der Waals surface area contributed by atoms with Crippen molar-refractivity contribution in [2.24, 2.45) is 0 Å². The van der Waals surface area contributed by atoms with Gasteiger partial charge in [-0.05, 0) is 25.8 Å². The average Bonchev–Trinajstić information content (AvgIpc) is 2.05. The van der Waals surface area contributed by atoms with Gasteiger partial charge in [0.1, 0.15) is 23.0 Å². The molecule has 1 fully saturated rings. The molecule has 0 aromatic carbocycles. The van der Waals surface area contributed by atoms with E-state index in [4.69, 9.17) is 3.07 Å². The maximum Gasteiger partial charge on any atom is 0.109 e. The molecular weight excluding hydrogens is 269 g/mol. The molecule has 1 aliphatic rings. The van der Waals surface area contributed by atoms with Gasteiger partial charge in [0.2, 0.25) is 0 Å². The number of rotatable bonds is 4. The molecule has 0 amide bonds. The Morgan fingerprint density at radius 3 is 3.08 bits per heavy atom. The van der Waals surface area contributed by atoms with Gasteiger partial charge < -0.3 is 13.1 Å². The molecular formula is C8H16INO2. The zero-order valence-corrected chi connectivity index (χ0v) is 9.37. The van der Waals surface area contributed by atoms with Gasteiger partial charge in [0.15, 0.2) is 0 Å².